The summed E-state index contributed by atoms with van der Waals surface area (Å²) in [7, 11) is 0. The lowest BCUT2D eigenvalue weighted by atomic mass is 10.0. The Balaban J connectivity index is 2.00. The minimum Gasteiger partial charge on any atom is -0.382 e. The van der Waals surface area contributed by atoms with Crippen molar-refractivity contribution in [3.05, 3.63) is 81.8 Å². The molecule has 0 unspecified atom stereocenters. The number of pyridine rings is 1. The topological polar surface area (TPSA) is 119 Å². The van der Waals surface area contributed by atoms with Crippen molar-refractivity contribution in [1.82, 2.24) is 9.88 Å². The third-order valence-corrected chi connectivity index (χ3v) is 4.74. The SMILES string of the molecule is C=C1CN=C(N)C(n2c(C)ccc(NC(=O)Cc3ccccc3)c2=O)=C1CNC=O. The molecule has 30 heavy (non-hydrogen) atoms. The lowest BCUT2D eigenvalue weighted by molar-refractivity contribution is -0.115. The first-order valence-electron chi connectivity index (χ1n) is 9.37. The number of amidine groups is 1. The molecular formula is C22H23N5O3. The molecule has 4 N–H and O–H groups in total. The summed E-state index contributed by atoms with van der Waals surface area (Å²) in [4.78, 5) is 40.7. The van der Waals surface area contributed by atoms with Crippen molar-refractivity contribution in [3.63, 3.8) is 0 Å². The number of carbonyl (C=O) groups excluding carboxylic acids is 2. The van der Waals surface area contributed by atoms with Gasteiger partial charge < -0.3 is 16.4 Å². The Labute approximate surface area is 173 Å². The molecule has 8 heteroatoms. The van der Waals surface area contributed by atoms with Crippen LogP contribution in [-0.2, 0) is 16.0 Å². The van der Waals surface area contributed by atoms with Crippen molar-refractivity contribution in [3.8, 4) is 0 Å². The number of carbonyl (C=O) groups is 2. The van der Waals surface area contributed by atoms with E-state index in [1.165, 1.54) is 4.57 Å². The third kappa shape index (κ3) is 4.38. The highest BCUT2D eigenvalue weighted by molar-refractivity contribution is 6.19. The van der Waals surface area contributed by atoms with Gasteiger partial charge in [-0.15, -0.1) is 0 Å². The van der Waals surface area contributed by atoms with Gasteiger partial charge in [0.05, 0.1) is 18.7 Å². The van der Waals surface area contributed by atoms with E-state index in [1.54, 1.807) is 19.1 Å². The smallest absolute Gasteiger partial charge is 0.279 e. The first-order chi connectivity index (χ1) is 14.4. The van der Waals surface area contributed by atoms with E-state index in [0.29, 0.717) is 28.9 Å². The van der Waals surface area contributed by atoms with Crippen LogP contribution >= 0.6 is 0 Å². The quantitative estimate of drug-likeness (QED) is 0.600. The molecule has 0 spiro atoms. The number of anilines is 1. The summed E-state index contributed by atoms with van der Waals surface area (Å²) in [5, 5.41) is 5.27. The number of nitrogens with zero attached hydrogens (tertiary/aromatic N) is 2. The summed E-state index contributed by atoms with van der Waals surface area (Å²) in [6.45, 7) is 6.16. The highest BCUT2D eigenvalue weighted by Gasteiger charge is 2.23. The number of aryl methyl sites for hydroxylation is 1. The Morgan fingerprint density at radius 2 is 2.00 bits per heavy atom. The molecule has 2 amide bonds. The number of nitrogens with two attached hydrogens (primary N) is 1. The number of dihydropyridines is 1. The van der Waals surface area contributed by atoms with Gasteiger partial charge in [0.1, 0.15) is 11.5 Å². The summed E-state index contributed by atoms with van der Waals surface area (Å²) < 4.78 is 1.39. The molecule has 0 saturated carbocycles. The van der Waals surface area contributed by atoms with Gasteiger partial charge in [-0.3, -0.25) is 23.9 Å². The van der Waals surface area contributed by atoms with Crippen LogP contribution in [0.5, 0.6) is 0 Å². The fourth-order valence-electron chi connectivity index (χ4n) is 3.25. The second-order valence-corrected chi connectivity index (χ2v) is 6.87. The molecule has 0 fully saturated rings. The average Bonchev–Trinajstić information content (AvgIpc) is 2.73. The van der Waals surface area contributed by atoms with Crippen molar-refractivity contribution in [2.24, 2.45) is 10.7 Å². The van der Waals surface area contributed by atoms with E-state index in [-0.39, 0.29) is 36.9 Å². The summed E-state index contributed by atoms with van der Waals surface area (Å²) in [6, 6.07) is 12.5. The fourth-order valence-corrected chi connectivity index (χ4v) is 3.25. The van der Waals surface area contributed by atoms with Crippen LogP contribution in [0.2, 0.25) is 0 Å². The fraction of sp³-hybridized carbons (Fsp3) is 0.182. The van der Waals surface area contributed by atoms with Crippen LogP contribution in [0.4, 0.5) is 5.69 Å². The van der Waals surface area contributed by atoms with Gasteiger partial charge in [0.25, 0.3) is 5.56 Å². The molecule has 1 aliphatic rings. The van der Waals surface area contributed by atoms with E-state index < -0.39 is 5.56 Å². The first kappa shape index (κ1) is 20.8. The first-order valence-corrected chi connectivity index (χ1v) is 9.37. The zero-order valence-electron chi connectivity index (χ0n) is 16.6. The van der Waals surface area contributed by atoms with E-state index in [2.05, 4.69) is 22.2 Å². The summed E-state index contributed by atoms with van der Waals surface area (Å²) >= 11 is 0. The lowest BCUT2D eigenvalue weighted by Gasteiger charge is -2.24. The maximum atomic E-state index is 13.2. The van der Waals surface area contributed by atoms with Gasteiger partial charge in [-0.05, 0) is 30.2 Å². The second-order valence-electron chi connectivity index (χ2n) is 6.87. The van der Waals surface area contributed by atoms with Crippen molar-refractivity contribution in [1.29, 1.82) is 0 Å². The van der Waals surface area contributed by atoms with Gasteiger partial charge in [0, 0.05) is 17.8 Å². The Morgan fingerprint density at radius 3 is 2.70 bits per heavy atom. The molecular weight excluding hydrogens is 382 g/mol. The zero-order chi connectivity index (χ0) is 21.7. The Bertz CT molecular complexity index is 1110. The maximum absolute atomic E-state index is 13.2. The molecule has 1 aliphatic heterocycles. The highest BCUT2D eigenvalue weighted by Crippen LogP contribution is 2.23. The number of benzene rings is 1. The van der Waals surface area contributed by atoms with Gasteiger partial charge in [-0.25, -0.2) is 0 Å². The molecule has 154 valence electrons. The molecule has 2 aromatic rings. The van der Waals surface area contributed by atoms with Crippen molar-refractivity contribution in [2.45, 2.75) is 13.3 Å². The van der Waals surface area contributed by atoms with Crippen LogP contribution in [0.25, 0.3) is 5.70 Å². The van der Waals surface area contributed by atoms with Crippen molar-refractivity contribution in [2.75, 3.05) is 18.4 Å². The Morgan fingerprint density at radius 1 is 1.27 bits per heavy atom. The van der Waals surface area contributed by atoms with E-state index >= 15 is 0 Å². The number of hydrogen-bond donors (Lipinski definition) is 3. The van der Waals surface area contributed by atoms with E-state index in [0.717, 1.165) is 5.56 Å². The van der Waals surface area contributed by atoms with Gasteiger partial charge in [-0.2, -0.15) is 0 Å². The molecule has 2 heterocycles. The molecule has 0 bridgehead atoms. The second kappa shape index (κ2) is 9.04. The van der Waals surface area contributed by atoms with Crippen LogP contribution in [0.3, 0.4) is 0 Å². The van der Waals surface area contributed by atoms with Gasteiger partial charge in [0.15, 0.2) is 0 Å². The summed E-state index contributed by atoms with van der Waals surface area (Å²) in [6.07, 6.45) is 0.710. The minimum atomic E-state index is -0.442. The molecule has 0 radical (unpaired) electrons. The zero-order valence-corrected chi connectivity index (χ0v) is 16.6. The van der Waals surface area contributed by atoms with Crippen molar-refractivity contribution >= 4 is 29.5 Å². The monoisotopic (exact) mass is 405 g/mol. The average molecular weight is 405 g/mol. The van der Waals surface area contributed by atoms with Crippen molar-refractivity contribution < 1.29 is 9.59 Å². The minimum absolute atomic E-state index is 0.126. The predicted octanol–water partition coefficient (Wildman–Crippen LogP) is 1.22. The lowest BCUT2D eigenvalue weighted by Crippen LogP contribution is -2.35. The van der Waals surface area contributed by atoms with Gasteiger partial charge in [0.2, 0.25) is 12.3 Å². The third-order valence-electron chi connectivity index (χ3n) is 4.74. The number of rotatable bonds is 7. The number of aromatic nitrogens is 1. The molecule has 0 atom stereocenters. The molecule has 0 aliphatic carbocycles. The van der Waals surface area contributed by atoms with Gasteiger partial charge in [-0.1, -0.05) is 36.9 Å². The number of amides is 2. The van der Waals surface area contributed by atoms with Crippen LogP contribution < -0.4 is 21.9 Å². The normalized spacial score (nSPS) is 13.6. The van der Waals surface area contributed by atoms with E-state index in [9.17, 15) is 14.4 Å². The summed E-state index contributed by atoms with van der Waals surface area (Å²) in [5.74, 6) is -0.136. The summed E-state index contributed by atoms with van der Waals surface area (Å²) in [5.41, 5.74) is 8.88. The van der Waals surface area contributed by atoms with E-state index in [4.69, 9.17) is 5.73 Å². The Hall–Kier alpha value is -3.94. The molecule has 1 aromatic carbocycles. The van der Waals surface area contributed by atoms with Crippen LogP contribution in [-0.4, -0.2) is 35.8 Å². The maximum Gasteiger partial charge on any atom is 0.279 e. The number of nitrogens with one attached hydrogen (secondary N) is 2. The van der Waals surface area contributed by atoms with E-state index in [1.807, 2.05) is 30.3 Å². The number of aliphatic imine (C=N–C) groups is 1. The standard InChI is InChI=1S/C22H23N5O3/c1-14-11-25-21(23)20(17(14)12-24-13-28)27-15(2)8-9-18(22(27)30)26-19(29)10-16-6-4-3-5-7-16/h3-9,13H,1,10-12H2,2H3,(H2,23,25)(H,24,28)(H,26,29). The molecule has 0 saturated heterocycles. The van der Waals surface area contributed by atoms with Gasteiger partial charge >= 0.3 is 0 Å². The largest absolute Gasteiger partial charge is 0.382 e. The molecule has 3 rings (SSSR count). The van der Waals surface area contributed by atoms with Crippen LogP contribution in [0.1, 0.15) is 11.3 Å². The molecule has 1 aromatic heterocycles. The molecule has 8 nitrogen and oxygen atoms in total. The predicted molar refractivity (Wildman–Crippen MR) is 117 cm³/mol. The number of hydrogen-bond acceptors (Lipinski definition) is 5. The van der Waals surface area contributed by atoms with Crippen LogP contribution in [0, 0.1) is 6.92 Å². The van der Waals surface area contributed by atoms with Crippen LogP contribution in [0.15, 0.2) is 70.0 Å². The Kier molecular flexibility index (Phi) is 6.26. The highest BCUT2D eigenvalue weighted by atomic mass is 16.2.